The SMILES string of the molecule is COC(=O)CN(CCN(CCN(CC(=O)O)CC(=O)OI)CC(=O)O)CC(=O)O. The molecule has 0 aliphatic carbocycles. The van der Waals surface area contributed by atoms with Crippen LogP contribution in [-0.4, -0.2) is 126 Å². The molecule has 0 amide bonds. The van der Waals surface area contributed by atoms with E-state index in [1.54, 1.807) is 0 Å². The van der Waals surface area contributed by atoms with Crippen molar-refractivity contribution in [3.05, 3.63) is 0 Å². The van der Waals surface area contributed by atoms with Crippen LogP contribution in [0.25, 0.3) is 0 Å². The summed E-state index contributed by atoms with van der Waals surface area (Å²) in [5.41, 5.74) is 0. The van der Waals surface area contributed by atoms with Gasteiger partial charge in [0.15, 0.2) is 23.0 Å². The van der Waals surface area contributed by atoms with Crippen LogP contribution in [0.2, 0.25) is 0 Å². The fraction of sp³-hybridized carbons (Fsp3) is 0.667. The minimum atomic E-state index is -1.17. The summed E-state index contributed by atoms with van der Waals surface area (Å²) in [5, 5.41) is 26.9. The number of hydrogen-bond acceptors (Lipinski definition) is 10. The maximum Gasteiger partial charge on any atom is 0.329 e. The van der Waals surface area contributed by atoms with Crippen LogP contribution in [0.3, 0.4) is 0 Å². The highest BCUT2D eigenvalue weighted by Crippen LogP contribution is 1.99. The van der Waals surface area contributed by atoms with Crippen LogP contribution >= 0.6 is 23.0 Å². The van der Waals surface area contributed by atoms with Crippen molar-refractivity contribution >= 4 is 52.9 Å². The first-order chi connectivity index (χ1) is 13.6. The summed E-state index contributed by atoms with van der Waals surface area (Å²) in [6.07, 6.45) is 0. The second-order valence-electron chi connectivity index (χ2n) is 5.90. The summed E-state index contributed by atoms with van der Waals surface area (Å²) in [7, 11) is 1.16. The number of rotatable bonds is 16. The molecule has 0 saturated heterocycles. The number of ether oxygens (including phenoxy) is 1. The van der Waals surface area contributed by atoms with Gasteiger partial charge >= 0.3 is 29.8 Å². The molecule has 13 nitrogen and oxygen atoms in total. The highest BCUT2D eigenvalue weighted by atomic mass is 127. The Labute approximate surface area is 180 Å². The fourth-order valence-corrected chi connectivity index (χ4v) is 2.43. The molecule has 0 aliphatic rings. The summed E-state index contributed by atoms with van der Waals surface area (Å²) in [5.74, 6) is -4.76. The first kappa shape index (κ1) is 27.0. The lowest BCUT2D eigenvalue weighted by molar-refractivity contribution is -0.145. The maximum absolute atomic E-state index is 11.4. The summed E-state index contributed by atoms with van der Waals surface area (Å²) >= 11 is 1.38. The predicted octanol–water partition coefficient (Wildman–Crippen LogP) is -1.79. The van der Waals surface area contributed by atoms with Gasteiger partial charge in [0, 0.05) is 26.2 Å². The van der Waals surface area contributed by atoms with Gasteiger partial charge in [-0.15, -0.1) is 0 Å². The van der Waals surface area contributed by atoms with Crippen LogP contribution in [0.4, 0.5) is 0 Å². The van der Waals surface area contributed by atoms with Crippen molar-refractivity contribution in [3.8, 4) is 0 Å². The topological polar surface area (TPSA) is 174 Å². The average molecular weight is 533 g/mol. The van der Waals surface area contributed by atoms with Crippen molar-refractivity contribution < 1.29 is 47.1 Å². The summed E-state index contributed by atoms with van der Waals surface area (Å²) in [6, 6.07) is 0. The largest absolute Gasteiger partial charge is 0.480 e. The van der Waals surface area contributed by atoms with E-state index in [-0.39, 0.29) is 39.3 Å². The maximum atomic E-state index is 11.4. The molecule has 0 unspecified atom stereocenters. The first-order valence-corrected chi connectivity index (χ1v) is 9.16. The molecule has 0 bridgehead atoms. The molecule has 166 valence electrons. The molecule has 14 heteroatoms. The number of esters is 1. The van der Waals surface area contributed by atoms with Crippen LogP contribution in [0.5, 0.6) is 0 Å². The molecule has 0 spiro atoms. The third-order valence-electron chi connectivity index (χ3n) is 3.56. The molecule has 0 aromatic rings. The Hall–Kier alpha value is -2.04. The van der Waals surface area contributed by atoms with Crippen molar-refractivity contribution in [2.75, 3.05) is 66.0 Å². The number of halogens is 1. The molecule has 0 fully saturated rings. The van der Waals surface area contributed by atoms with E-state index in [2.05, 4.69) is 7.80 Å². The Morgan fingerprint density at radius 2 is 1.00 bits per heavy atom. The van der Waals surface area contributed by atoms with E-state index in [1.165, 1.54) is 37.7 Å². The summed E-state index contributed by atoms with van der Waals surface area (Å²) in [4.78, 5) is 59.8. The monoisotopic (exact) mass is 533 g/mol. The normalized spacial score (nSPS) is 10.9. The predicted molar refractivity (Wildman–Crippen MR) is 104 cm³/mol. The van der Waals surface area contributed by atoms with Crippen LogP contribution in [0, 0.1) is 0 Å². The zero-order chi connectivity index (χ0) is 22.4. The highest BCUT2D eigenvalue weighted by molar-refractivity contribution is 14.1. The second-order valence-corrected chi connectivity index (χ2v) is 6.34. The van der Waals surface area contributed by atoms with E-state index in [0.717, 1.165) is 7.11 Å². The minimum absolute atomic E-state index is 0.0568. The lowest BCUT2D eigenvalue weighted by Gasteiger charge is -2.27. The van der Waals surface area contributed by atoms with E-state index in [4.69, 9.17) is 15.3 Å². The third kappa shape index (κ3) is 14.6. The van der Waals surface area contributed by atoms with E-state index < -0.39 is 49.5 Å². The van der Waals surface area contributed by atoms with Crippen LogP contribution in [0.15, 0.2) is 0 Å². The van der Waals surface area contributed by atoms with E-state index in [0.29, 0.717) is 0 Å². The van der Waals surface area contributed by atoms with Gasteiger partial charge in [-0.2, -0.15) is 0 Å². The van der Waals surface area contributed by atoms with Gasteiger partial charge in [-0.25, -0.2) is 4.79 Å². The number of hydrogen-bond donors (Lipinski definition) is 3. The number of carboxylic acid groups (broad SMARTS) is 3. The molecule has 29 heavy (non-hydrogen) atoms. The first-order valence-electron chi connectivity index (χ1n) is 8.28. The number of carboxylic acids is 3. The van der Waals surface area contributed by atoms with Crippen molar-refractivity contribution in [1.29, 1.82) is 0 Å². The zero-order valence-electron chi connectivity index (χ0n) is 15.8. The van der Waals surface area contributed by atoms with Gasteiger partial charge < -0.3 is 23.1 Å². The van der Waals surface area contributed by atoms with Gasteiger partial charge in [0.25, 0.3) is 0 Å². The Morgan fingerprint density at radius 3 is 1.34 bits per heavy atom. The smallest absolute Gasteiger partial charge is 0.329 e. The van der Waals surface area contributed by atoms with Gasteiger partial charge in [-0.1, -0.05) is 0 Å². The van der Waals surface area contributed by atoms with E-state index in [9.17, 15) is 24.0 Å². The van der Waals surface area contributed by atoms with Gasteiger partial charge in [-0.3, -0.25) is 33.9 Å². The Kier molecular flexibility index (Phi) is 13.8. The highest BCUT2D eigenvalue weighted by Gasteiger charge is 2.20. The average Bonchev–Trinajstić information content (AvgIpc) is 2.61. The molecular weight excluding hydrogens is 509 g/mol. The fourth-order valence-electron chi connectivity index (χ4n) is 2.29. The van der Waals surface area contributed by atoms with Gasteiger partial charge in [0.05, 0.1) is 39.8 Å². The third-order valence-corrected chi connectivity index (χ3v) is 4.05. The van der Waals surface area contributed by atoms with Crippen LogP contribution < -0.4 is 0 Å². The Balaban J connectivity index is 4.95. The number of methoxy groups -OCH3 is 1. The second kappa shape index (κ2) is 14.9. The van der Waals surface area contributed by atoms with Crippen molar-refractivity contribution in [2.24, 2.45) is 0 Å². The molecule has 0 radical (unpaired) electrons. The molecule has 0 aromatic carbocycles. The minimum Gasteiger partial charge on any atom is -0.480 e. The quantitative estimate of drug-likeness (QED) is 0.150. The van der Waals surface area contributed by atoms with Crippen LogP contribution in [0.1, 0.15) is 0 Å². The molecule has 0 rings (SSSR count). The molecule has 3 N–H and O–H groups in total. The standard InChI is InChI=1S/C15H24IN3O10/c1-28-14(26)9-18(7-12(22)23)4-2-17(6-11(20)21)3-5-19(8-13(24)25)10-15(27)29-16/h2-10H2,1H3,(H,20,21)(H,22,23)(H,24,25). The number of carbonyl (C=O) groups is 5. The molecule has 0 atom stereocenters. The molecule has 0 saturated carbocycles. The summed E-state index contributed by atoms with van der Waals surface area (Å²) < 4.78 is 8.99. The van der Waals surface area contributed by atoms with Crippen molar-refractivity contribution in [1.82, 2.24) is 14.7 Å². The van der Waals surface area contributed by atoms with E-state index in [1.807, 2.05) is 0 Å². The zero-order valence-corrected chi connectivity index (χ0v) is 17.9. The number of aliphatic carboxylic acids is 3. The lowest BCUT2D eigenvalue weighted by Crippen LogP contribution is -2.45. The molecule has 0 heterocycles. The molecule has 0 aromatic heterocycles. The van der Waals surface area contributed by atoms with Gasteiger partial charge in [0.1, 0.15) is 0 Å². The van der Waals surface area contributed by atoms with Crippen molar-refractivity contribution in [3.63, 3.8) is 0 Å². The molecular formula is C15H24IN3O10. The Morgan fingerprint density at radius 1 is 0.655 bits per heavy atom. The van der Waals surface area contributed by atoms with Crippen molar-refractivity contribution in [2.45, 2.75) is 0 Å². The number of carbonyl (C=O) groups excluding carboxylic acids is 2. The van der Waals surface area contributed by atoms with Gasteiger partial charge in [0.2, 0.25) is 0 Å². The molecule has 0 aliphatic heterocycles. The lowest BCUT2D eigenvalue weighted by atomic mass is 10.3. The summed E-state index contributed by atoms with van der Waals surface area (Å²) in [6.45, 7) is -1.55. The Bertz CT molecular complexity index is 547. The van der Waals surface area contributed by atoms with E-state index >= 15 is 0 Å². The number of nitrogens with zero attached hydrogens (tertiary/aromatic N) is 3. The van der Waals surface area contributed by atoms with Gasteiger partial charge in [-0.05, 0) is 0 Å². The van der Waals surface area contributed by atoms with Crippen LogP contribution in [-0.2, 0) is 31.8 Å².